The largest absolute Gasteiger partial charge is 0.463 e. The summed E-state index contributed by atoms with van der Waals surface area (Å²) in [6.45, 7) is 3.86. The van der Waals surface area contributed by atoms with E-state index in [0.29, 0.717) is 32.4 Å². The average molecular weight is 414 g/mol. The highest BCUT2D eigenvalue weighted by Gasteiger charge is 2.21. The van der Waals surface area contributed by atoms with Crippen molar-refractivity contribution in [1.29, 1.82) is 0 Å². The Bertz CT molecular complexity index is 1280. The summed E-state index contributed by atoms with van der Waals surface area (Å²) < 4.78 is 11.2. The lowest BCUT2D eigenvalue weighted by Crippen LogP contribution is -2.21. The Hall–Kier alpha value is -3.04. The summed E-state index contributed by atoms with van der Waals surface area (Å²) in [6, 6.07) is 6.73. The Balaban J connectivity index is 1.63. The van der Waals surface area contributed by atoms with Gasteiger partial charge in [-0.1, -0.05) is 23.5 Å². The number of rotatable bonds is 4. The Labute approximate surface area is 166 Å². The Morgan fingerprint density at radius 1 is 1.25 bits per heavy atom. The Morgan fingerprint density at radius 2 is 2.04 bits per heavy atom. The number of nitrogens with one attached hydrogen (secondary N) is 1. The van der Waals surface area contributed by atoms with Gasteiger partial charge in [-0.2, -0.15) is 0 Å². The van der Waals surface area contributed by atoms with Crippen molar-refractivity contribution in [2.24, 2.45) is 0 Å². The number of anilines is 1. The van der Waals surface area contributed by atoms with E-state index in [0.717, 1.165) is 16.5 Å². The van der Waals surface area contributed by atoms with Crippen LogP contribution in [0.5, 0.6) is 0 Å². The number of ether oxygens (including phenoxy) is 1. The van der Waals surface area contributed by atoms with Gasteiger partial charge in [-0.25, -0.2) is 9.78 Å². The number of thiophene rings is 1. The minimum absolute atomic E-state index is 0.0961. The molecule has 1 amide bonds. The summed E-state index contributed by atoms with van der Waals surface area (Å²) in [5, 5.41) is 3.32. The zero-order valence-corrected chi connectivity index (χ0v) is 16.5. The van der Waals surface area contributed by atoms with Crippen LogP contribution in [0.25, 0.3) is 20.5 Å². The number of hydrogen-bond donors (Lipinski definition) is 1. The normalized spacial score (nSPS) is 11.1. The molecule has 0 spiro atoms. The van der Waals surface area contributed by atoms with E-state index >= 15 is 0 Å². The van der Waals surface area contributed by atoms with Gasteiger partial charge in [0.25, 0.3) is 5.91 Å². The molecule has 4 aromatic rings. The summed E-state index contributed by atoms with van der Waals surface area (Å²) in [7, 11) is 0. The van der Waals surface area contributed by atoms with E-state index in [1.165, 1.54) is 22.7 Å². The van der Waals surface area contributed by atoms with E-state index in [9.17, 15) is 14.4 Å². The fourth-order valence-electron chi connectivity index (χ4n) is 2.73. The van der Waals surface area contributed by atoms with Crippen molar-refractivity contribution in [2.45, 2.75) is 13.8 Å². The van der Waals surface area contributed by atoms with Gasteiger partial charge in [0.15, 0.2) is 5.13 Å². The molecule has 7 nitrogen and oxygen atoms in total. The molecule has 0 fully saturated rings. The number of benzene rings is 1. The standard InChI is InChI=1S/C19H14N2O5S2/c1-3-25-18(24)15-9(2)14-17(27-15)21-19(28-14)20-16(23)11-8-26-12-7-5-4-6-10(12)13(11)22/h4-8H,3H2,1-2H3,(H,20,21,23). The molecule has 28 heavy (non-hydrogen) atoms. The summed E-state index contributed by atoms with van der Waals surface area (Å²) in [5.41, 5.74) is 0.683. The van der Waals surface area contributed by atoms with Crippen molar-refractivity contribution < 1.29 is 18.7 Å². The molecule has 3 aromatic heterocycles. The predicted octanol–water partition coefficient (Wildman–Crippen LogP) is 4.20. The number of aryl methyl sites for hydroxylation is 1. The van der Waals surface area contributed by atoms with E-state index < -0.39 is 11.3 Å². The summed E-state index contributed by atoms with van der Waals surface area (Å²) in [4.78, 5) is 42.5. The van der Waals surface area contributed by atoms with Crippen molar-refractivity contribution in [1.82, 2.24) is 4.98 Å². The van der Waals surface area contributed by atoms with Crippen LogP contribution >= 0.6 is 22.7 Å². The highest BCUT2D eigenvalue weighted by molar-refractivity contribution is 7.30. The zero-order valence-electron chi connectivity index (χ0n) is 14.9. The Morgan fingerprint density at radius 3 is 2.79 bits per heavy atom. The molecular weight excluding hydrogens is 400 g/mol. The minimum Gasteiger partial charge on any atom is -0.463 e. The SMILES string of the molecule is CCOC(=O)c1sc2nc(NC(=O)c3coc4ccccc4c3=O)sc2c1C. The molecule has 0 aliphatic carbocycles. The monoisotopic (exact) mass is 414 g/mol. The molecule has 1 N–H and O–H groups in total. The van der Waals surface area contributed by atoms with Gasteiger partial charge in [0.05, 0.1) is 16.7 Å². The van der Waals surface area contributed by atoms with Gasteiger partial charge in [0.1, 0.15) is 27.1 Å². The number of thiazole rings is 1. The second-order valence-electron chi connectivity index (χ2n) is 5.86. The van der Waals surface area contributed by atoms with E-state index in [4.69, 9.17) is 9.15 Å². The quantitative estimate of drug-likeness (QED) is 0.503. The maximum absolute atomic E-state index is 12.5. The lowest BCUT2D eigenvalue weighted by atomic mass is 10.1. The summed E-state index contributed by atoms with van der Waals surface area (Å²) in [5.74, 6) is -0.973. The lowest BCUT2D eigenvalue weighted by molar-refractivity contribution is 0.0531. The molecular formula is C19H14N2O5S2. The number of esters is 1. The smallest absolute Gasteiger partial charge is 0.348 e. The number of hydrogen-bond acceptors (Lipinski definition) is 8. The first kappa shape index (κ1) is 18.3. The van der Waals surface area contributed by atoms with E-state index in [2.05, 4.69) is 10.3 Å². The molecule has 0 aliphatic heterocycles. The van der Waals surface area contributed by atoms with Gasteiger partial charge < -0.3 is 9.15 Å². The minimum atomic E-state index is -0.593. The van der Waals surface area contributed by atoms with E-state index in [1.54, 1.807) is 31.2 Å². The molecule has 142 valence electrons. The molecule has 0 unspecified atom stereocenters. The zero-order chi connectivity index (χ0) is 19.8. The van der Waals surface area contributed by atoms with Crippen LogP contribution in [0.15, 0.2) is 39.7 Å². The van der Waals surface area contributed by atoms with Gasteiger partial charge in [0, 0.05) is 0 Å². The number of para-hydroxylation sites is 1. The van der Waals surface area contributed by atoms with Crippen LogP contribution in [0.3, 0.4) is 0 Å². The number of nitrogens with zero attached hydrogens (tertiary/aromatic N) is 1. The van der Waals surface area contributed by atoms with Crippen LogP contribution < -0.4 is 10.7 Å². The topological polar surface area (TPSA) is 98.5 Å². The van der Waals surface area contributed by atoms with Crippen molar-refractivity contribution in [3.63, 3.8) is 0 Å². The van der Waals surface area contributed by atoms with Gasteiger partial charge >= 0.3 is 5.97 Å². The number of amides is 1. The van der Waals surface area contributed by atoms with Crippen LogP contribution in [-0.2, 0) is 4.74 Å². The predicted molar refractivity (Wildman–Crippen MR) is 109 cm³/mol. The lowest BCUT2D eigenvalue weighted by Gasteiger charge is -2.02. The third-order valence-corrected chi connectivity index (χ3v) is 6.47. The molecule has 0 saturated carbocycles. The van der Waals surface area contributed by atoms with Crippen LogP contribution in [0.1, 0.15) is 32.5 Å². The summed E-state index contributed by atoms with van der Waals surface area (Å²) in [6.07, 6.45) is 1.15. The second kappa shape index (κ2) is 7.17. The fourth-order valence-corrected chi connectivity index (χ4v) is 4.94. The molecule has 0 radical (unpaired) electrons. The van der Waals surface area contributed by atoms with Gasteiger partial charge in [-0.15, -0.1) is 11.3 Å². The van der Waals surface area contributed by atoms with Crippen LogP contribution in [0.2, 0.25) is 0 Å². The van der Waals surface area contributed by atoms with Crippen molar-refractivity contribution in [3.8, 4) is 0 Å². The van der Waals surface area contributed by atoms with E-state index in [1.807, 2.05) is 6.92 Å². The number of carbonyl (C=O) groups excluding carboxylic acids is 2. The molecule has 0 saturated heterocycles. The van der Waals surface area contributed by atoms with Gasteiger partial charge in [-0.3, -0.25) is 14.9 Å². The Kier molecular flexibility index (Phi) is 4.70. The third kappa shape index (κ3) is 3.08. The first-order chi connectivity index (χ1) is 13.5. The molecule has 3 heterocycles. The highest BCUT2D eigenvalue weighted by atomic mass is 32.1. The van der Waals surface area contributed by atoms with Crippen LogP contribution in [0, 0.1) is 6.92 Å². The molecule has 0 atom stereocenters. The van der Waals surface area contributed by atoms with Gasteiger partial charge in [-0.05, 0) is 31.5 Å². The molecule has 0 aliphatic rings. The van der Waals surface area contributed by atoms with Crippen LogP contribution in [-0.4, -0.2) is 23.5 Å². The van der Waals surface area contributed by atoms with E-state index in [-0.39, 0.29) is 11.5 Å². The number of fused-ring (bicyclic) bond motifs is 2. The molecule has 9 heteroatoms. The second-order valence-corrected chi connectivity index (χ2v) is 7.86. The van der Waals surface area contributed by atoms with Crippen LogP contribution in [0.4, 0.5) is 5.13 Å². The first-order valence-corrected chi connectivity index (χ1v) is 10.0. The maximum atomic E-state index is 12.5. The highest BCUT2D eigenvalue weighted by Crippen LogP contribution is 2.37. The van der Waals surface area contributed by atoms with Crippen molar-refractivity contribution in [3.05, 3.63) is 56.8 Å². The van der Waals surface area contributed by atoms with Crippen molar-refractivity contribution in [2.75, 3.05) is 11.9 Å². The van der Waals surface area contributed by atoms with Gasteiger partial charge in [0.2, 0.25) is 5.43 Å². The molecule has 4 rings (SSSR count). The molecule has 1 aromatic carbocycles. The maximum Gasteiger partial charge on any atom is 0.348 e. The van der Waals surface area contributed by atoms with Crippen molar-refractivity contribution >= 4 is 60.2 Å². The number of carbonyl (C=O) groups is 2. The third-order valence-electron chi connectivity index (χ3n) is 4.08. The summed E-state index contributed by atoms with van der Waals surface area (Å²) >= 11 is 2.45. The first-order valence-electron chi connectivity index (χ1n) is 8.38. The molecule has 0 bridgehead atoms. The average Bonchev–Trinajstić information content (AvgIpc) is 3.21. The number of aromatic nitrogens is 1. The fraction of sp³-hybridized carbons (Fsp3) is 0.158.